The van der Waals surface area contributed by atoms with E-state index >= 15 is 0 Å². The van der Waals surface area contributed by atoms with Crippen molar-refractivity contribution in [2.24, 2.45) is 5.92 Å². The van der Waals surface area contributed by atoms with Crippen LogP contribution in [0.2, 0.25) is 0 Å². The van der Waals surface area contributed by atoms with Gasteiger partial charge < -0.3 is 9.80 Å². The molecule has 1 unspecified atom stereocenters. The SMILES string of the molecule is Cc1c2ccc(N(C3=CCC(C)C=C3)c3ccccc3)cc2c(C)c2cc(N(c3ccccc3)c3ccc(C(C)(C)C)cc3)ccc12. The number of fused-ring (bicyclic) bond motifs is 2. The van der Waals surface area contributed by atoms with Gasteiger partial charge in [-0.05, 0) is 137 Å². The van der Waals surface area contributed by atoms with Crippen molar-refractivity contribution < 1.29 is 0 Å². The zero-order chi connectivity index (χ0) is 32.7. The molecule has 0 amide bonds. The van der Waals surface area contributed by atoms with Gasteiger partial charge >= 0.3 is 0 Å². The van der Waals surface area contributed by atoms with E-state index in [1.807, 2.05) is 0 Å². The van der Waals surface area contributed by atoms with E-state index in [1.165, 1.54) is 55.3 Å². The summed E-state index contributed by atoms with van der Waals surface area (Å²) < 4.78 is 0. The number of rotatable bonds is 6. The first-order valence-electron chi connectivity index (χ1n) is 16.8. The van der Waals surface area contributed by atoms with E-state index in [0.717, 1.165) is 23.5 Å². The van der Waals surface area contributed by atoms with Gasteiger partial charge in [0.05, 0.1) is 0 Å². The van der Waals surface area contributed by atoms with Crippen molar-refractivity contribution in [2.45, 2.75) is 53.4 Å². The lowest BCUT2D eigenvalue weighted by atomic mass is 9.87. The summed E-state index contributed by atoms with van der Waals surface area (Å²) in [7, 11) is 0. The first-order chi connectivity index (χ1) is 22.7. The van der Waals surface area contributed by atoms with Gasteiger partial charge in [-0.15, -0.1) is 0 Å². The molecule has 47 heavy (non-hydrogen) atoms. The summed E-state index contributed by atoms with van der Waals surface area (Å²) in [5.74, 6) is 0.560. The van der Waals surface area contributed by atoms with Gasteiger partial charge in [-0.1, -0.05) is 101 Å². The van der Waals surface area contributed by atoms with E-state index in [1.54, 1.807) is 0 Å². The van der Waals surface area contributed by atoms with Gasteiger partial charge in [-0.3, -0.25) is 0 Å². The van der Waals surface area contributed by atoms with Crippen LogP contribution in [0.25, 0.3) is 21.5 Å². The molecule has 2 nitrogen and oxygen atoms in total. The van der Waals surface area contributed by atoms with Crippen LogP contribution in [0.4, 0.5) is 28.4 Å². The Balaban J connectivity index is 1.39. The smallest absolute Gasteiger partial charge is 0.0468 e. The Morgan fingerprint density at radius 3 is 1.51 bits per heavy atom. The van der Waals surface area contributed by atoms with Crippen LogP contribution in [0.15, 0.2) is 145 Å². The fraction of sp³-hybridized carbons (Fsp3) is 0.200. The zero-order valence-electron chi connectivity index (χ0n) is 28.5. The second kappa shape index (κ2) is 12.3. The van der Waals surface area contributed by atoms with Crippen molar-refractivity contribution in [2.75, 3.05) is 9.80 Å². The maximum Gasteiger partial charge on any atom is 0.0468 e. The third-order valence-electron chi connectivity index (χ3n) is 9.71. The predicted octanol–water partition coefficient (Wildman–Crippen LogP) is 13.0. The fourth-order valence-corrected chi connectivity index (χ4v) is 6.95. The second-order valence-electron chi connectivity index (χ2n) is 14.0. The van der Waals surface area contributed by atoms with Crippen LogP contribution in [0.1, 0.15) is 50.8 Å². The van der Waals surface area contributed by atoms with E-state index in [4.69, 9.17) is 0 Å². The van der Waals surface area contributed by atoms with Gasteiger partial charge in [0.15, 0.2) is 0 Å². The lowest BCUT2D eigenvalue weighted by Crippen LogP contribution is -2.17. The molecule has 0 aromatic heterocycles. The minimum absolute atomic E-state index is 0.103. The molecule has 1 aliphatic carbocycles. The fourth-order valence-electron chi connectivity index (χ4n) is 6.95. The summed E-state index contributed by atoms with van der Waals surface area (Å²) in [4.78, 5) is 4.77. The number of anilines is 5. The van der Waals surface area contributed by atoms with Crippen molar-refractivity contribution in [3.05, 3.63) is 162 Å². The molecule has 7 rings (SSSR count). The van der Waals surface area contributed by atoms with Gasteiger partial charge in [0.25, 0.3) is 0 Å². The van der Waals surface area contributed by atoms with Crippen LogP contribution >= 0.6 is 0 Å². The normalized spacial score (nSPS) is 14.8. The monoisotopic (exact) mass is 612 g/mol. The molecule has 0 saturated heterocycles. The quantitative estimate of drug-likeness (QED) is 0.173. The Labute approximate surface area is 280 Å². The summed E-state index contributed by atoms with van der Waals surface area (Å²) in [6.45, 7) is 13.6. The maximum atomic E-state index is 2.40. The molecular weight excluding hydrogens is 569 g/mol. The van der Waals surface area contributed by atoms with E-state index in [9.17, 15) is 0 Å². The van der Waals surface area contributed by atoms with Gasteiger partial charge in [0, 0.05) is 34.1 Å². The summed E-state index contributed by atoms with van der Waals surface area (Å²) in [5, 5.41) is 5.18. The summed E-state index contributed by atoms with van der Waals surface area (Å²) in [6.07, 6.45) is 8.03. The highest BCUT2D eigenvalue weighted by Crippen LogP contribution is 2.42. The summed E-state index contributed by atoms with van der Waals surface area (Å²) in [5.41, 5.74) is 11.1. The highest BCUT2D eigenvalue weighted by atomic mass is 15.1. The lowest BCUT2D eigenvalue weighted by molar-refractivity contribution is 0.590. The molecule has 0 N–H and O–H groups in total. The minimum Gasteiger partial charge on any atom is -0.311 e. The predicted molar refractivity (Wildman–Crippen MR) is 204 cm³/mol. The molecular formula is C45H44N2. The Morgan fingerprint density at radius 1 is 0.532 bits per heavy atom. The first-order valence-corrected chi connectivity index (χ1v) is 16.8. The van der Waals surface area contributed by atoms with Crippen LogP contribution < -0.4 is 9.80 Å². The second-order valence-corrected chi connectivity index (χ2v) is 14.0. The number of para-hydroxylation sites is 2. The van der Waals surface area contributed by atoms with E-state index in [-0.39, 0.29) is 5.41 Å². The average Bonchev–Trinajstić information content (AvgIpc) is 3.09. The van der Waals surface area contributed by atoms with Crippen molar-refractivity contribution in [1.29, 1.82) is 0 Å². The van der Waals surface area contributed by atoms with Gasteiger partial charge in [-0.25, -0.2) is 0 Å². The lowest BCUT2D eigenvalue weighted by Gasteiger charge is -2.29. The minimum atomic E-state index is 0.103. The molecule has 0 heterocycles. The largest absolute Gasteiger partial charge is 0.311 e. The standard InChI is InChI=1S/C45H44N2/c1-31-17-21-37(22-18-31)46(35-13-9-7-10-14-35)39-25-27-41-32(2)42-28-26-40(30-44(42)33(3)43(41)29-39)47(36-15-11-8-12-16-36)38-23-19-34(20-24-38)45(4,5)6/h7-17,19-31H,18H2,1-6H3. The Bertz CT molecular complexity index is 2110. The summed E-state index contributed by atoms with van der Waals surface area (Å²) in [6, 6.07) is 44.5. The number of hydrogen-bond acceptors (Lipinski definition) is 2. The summed E-state index contributed by atoms with van der Waals surface area (Å²) >= 11 is 0. The number of aryl methyl sites for hydroxylation is 2. The first kappa shape index (κ1) is 30.6. The molecule has 1 atom stereocenters. The molecule has 6 aromatic carbocycles. The van der Waals surface area contributed by atoms with E-state index in [0.29, 0.717) is 5.92 Å². The average molecular weight is 613 g/mol. The molecule has 2 heteroatoms. The van der Waals surface area contributed by atoms with Crippen LogP contribution in [0, 0.1) is 19.8 Å². The van der Waals surface area contributed by atoms with Gasteiger partial charge in [0.2, 0.25) is 0 Å². The Hall–Kier alpha value is -5.08. The van der Waals surface area contributed by atoms with Crippen molar-refractivity contribution >= 4 is 50.0 Å². The molecule has 0 fully saturated rings. The van der Waals surface area contributed by atoms with Crippen LogP contribution in [0.5, 0.6) is 0 Å². The van der Waals surface area contributed by atoms with Crippen LogP contribution in [-0.2, 0) is 5.41 Å². The molecule has 0 spiro atoms. The Morgan fingerprint density at radius 2 is 1.00 bits per heavy atom. The van der Waals surface area contributed by atoms with Gasteiger partial charge in [-0.2, -0.15) is 0 Å². The molecule has 234 valence electrons. The molecule has 0 radical (unpaired) electrons. The van der Waals surface area contributed by atoms with E-state index < -0.39 is 0 Å². The maximum absolute atomic E-state index is 2.40. The van der Waals surface area contributed by atoms with Crippen molar-refractivity contribution in [3.8, 4) is 0 Å². The molecule has 0 bridgehead atoms. The Kier molecular flexibility index (Phi) is 7.98. The van der Waals surface area contributed by atoms with Crippen molar-refractivity contribution in [3.63, 3.8) is 0 Å². The van der Waals surface area contributed by atoms with Crippen molar-refractivity contribution in [1.82, 2.24) is 0 Å². The highest BCUT2D eigenvalue weighted by Gasteiger charge is 2.20. The number of nitrogens with zero attached hydrogens (tertiary/aromatic N) is 2. The number of allylic oxidation sites excluding steroid dienone is 3. The topological polar surface area (TPSA) is 6.48 Å². The number of hydrogen-bond donors (Lipinski definition) is 0. The number of benzene rings is 6. The highest BCUT2D eigenvalue weighted by molar-refractivity contribution is 6.08. The van der Waals surface area contributed by atoms with Gasteiger partial charge in [0.1, 0.15) is 0 Å². The van der Waals surface area contributed by atoms with Crippen LogP contribution in [0.3, 0.4) is 0 Å². The molecule has 6 aromatic rings. The third kappa shape index (κ3) is 5.85. The van der Waals surface area contributed by atoms with Crippen LogP contribution in [-0.4, -0.2) is 0 Å². The molecule has 0 saturated carbocycles. The third-order valence-corrected chi connectivity index (χ3v) is 9.71. The zero-order valence-corrected chi connectivity index (χ0v) is 28.5. The molecule has 0 aliphatic heterocycles. The molecule has 1 aliphatic rings. The van der Waals surface area contributed by atoms with E-state index in [2.05, 4.69) is 191 Å².